The summed E-state index contributed by atoms with van der Waals surface area (Å²) in [7, 11) is 0. The molecule has 1 fully saturated rings. The molecule has 0 spiro atoms. The summed E-state index contributed by atoms with van der Waals surface area (Å²) in [4.78, 5) is 8.95. The summed E-state index contributed by atoms with van der Waals surface area (Å²) in [6, 6.07) is 13.5. The van der Waals surface area contributed by atoms with Crippen molar-refractivity contribution < 1.29 is 9.84 Å². The van der Waals surface area contributed by atoms with E-state index in [2.05, 4.69) is 20.6 Å². The van der Waals surface area contributed by atoms with Gasteiger partial charge in [0.2, 0.25) is 5.88 Å². The summed E-state index contributed by atoms with van der Waals surface area (Å²) in [5.41, 5.74) is 0.884. The second-order valence-electron chi connectivity index (χ2n) is 7.45. The van der Waals surface area contributed by atoms with Crippen LogP contribution in [-0.2, 0) is 12.1 Å². The molecule has 1 heterocycles. The van der Waals surface area contributed by atoms with Gasteiger partial charge in [0.25, 0.3) is 0 Å². The highest BCUT2D eigenvalue weighted by molar-refractivity contribution is 5.79. The minimum absolute atomic E-state index is 0.356. The van der Waals surface area contributed by atoms with E-state index in [0.717, 1.165) is 24.3 Å². The third-order valence-corrected chi connectivity index (χ3v) is 4.72. The van der Waals surface area contributed by atoms with Crippen LogP contribution in [-0.4, -0.2) is 35.7 Å². The summed E-state index contributed by atoms with van der Waals surface area (Å²) in [6.07, 6.45) is 4.34. The van der Waals surface area contributed by atoms with Crippen LogP contribution in [0, 0.1) is 5.92 Å². The molecule has 3 N–H and O–H groups in total. The maximum atomic E-state index is 10.7. The van der Waals surface area contributed by atoms with E-state index in [0.29, 0.717) is 30.8 Å². The highest BCUT2D eigenvalue weighted by atomic mass is 16.5. The predicted molar refractivity (Wildman–Crippen MR) is 111 cm³/mol. The molecule has 1 aromatic carbocycles. The largest absolute Gasteiger partial charge is 0.477 e. The molecule has 1 saturated carbocycles. The molecule has 150 valence electrons. The van der Waals surface area contributed by atoms with Crippen molar-refractivity contribution in [1.82, 2.24) is 15.6 Å². The monoisotopic (exact) mass is 382 g/mol. The summed E-state index contributed by atoms with van der Waals surface area (Å²) < 4.78 is 5.67. The fraction of sp³-hybridized carbons (Fsp3) is 0.455. The Morgan fingerprint density at radius 2 is 2.00 bits per heavy atom. The predicted octanol–water partition coefficient (Wildman–Crippen LogP) is 2.83. The van der Waals surface area contributed by atoms with Crippen molar-refractivity contribution in [3.05, 3.63) is 59.8 Å². The van der Waals surface area contributed by atoms with Gasteiger partial charge in [-0.1, -0.05) is 36.4 Å². The molecular formula is C22H30N4O2. The Morgan fingerprint density at radius 3 is 2.64 bits per heavy atom. The minimum atomic E-state index is -0.987. The number of guanidine groups is 1. The van der Waals surface area contributed by atoms with E-state index in [1.54, 1.807) is 13.1 Å². The van der Waals surface area contributed by atoms with Crippen LogP contribution >= 0.6 is 0 Å². The van der Waals surface area contributed by atoms with E-state index in [-0.39, 0.29) is 0 Å². The standard InChI is InChI=1S/C22H30N4O2/c1-3-23-21(26-16-22(2,27)19-7-5-4-6-8-19)25-14-18-11-12-20(24-13-18)28-15-17-9-10-17/h4-8,11-13,17,27H,3,9-10,14-16H2,1-2H3,(H2,23,25,26). The van der Waals surface area contributed by atoms with Crippen LogP contribution in [0.4, 0.5) is 0 Å². The van der Waals surface area contributed by atoms with E-state index in [1.165, 1.54) is 12.8 Å². The van der Waals surface area contributed by atoms with E-state index in [9.17, 15) is 5.11 Å². The number of aromatic nitrogens is 1. The molecule has 0 saturated heterocycles. The topological polar surface area (TPSA) is 78.8 Å². The second-order valence-corrected chi connectivity index (χ2v) is 7.45. The maximum absolute atomic E-state index is 10.7. The number of ether oxygens (including phenoxy) is 1. The Bertz CT molecular complexity index is 756. The van der Waals surface area contributed by atoms with Gasteiger partial charge in [0, 0.05) is 18.8 Å². The molecule has 1 unspecified atom stereocenters. The van der Waals surface area contributed by atoms with Crippen molar-refractivity contribution >= 4 is 5.96 Å². The van der Waals surface area contributed by atoms with Gasteiger partial charge in [-0.3, -0.25) is 0 Å². The van der Waals surface area contributed by atoms with Crippen LogP contribution in [0.5, 0.6) is 5.88 Å². The molecule has 1 aromatic heterocycles. The van der Waals surface area contributed by atoms with Crippen LogP contribution in [0.1, 0.15) is 37.8 Å². The first-order chi connectivity index (χ1) is 13.6. The van der Waals surface area contributed by atoms with Gasteiger partial charge in [-0.15, -0.1) is 0 Å². The number of pyridine rings is 1. The molecule has 3 rings (SSSR count). The number of nitrogens with zero attached hydrogens (tertiary/aromatic N) is 2. The number of hydrogen-bond donors (Lipinski definition) is 3. The molecule has 0 radical (unpaired) electrons. The Balaban J connectivity index is 1.54. The number of rotatable bonds is 9. The normalized spacial score (nSPS) is 16.3. The highest BCUT2D eigenvalue weighted by Crippen LogP contribution is 2.29. The van der Waals surface area contributed by atoms with Gasteiger partial charge in [0.05, 0.1) is 19.7 Å². The van der Waals surface area contributed by atoms with E-state index in [1.807, 2.05) is 49.4 Å². The van der Waals surface area contributed by atoms with Crippen molar-refractivity contribution in [2.24, 2.45) is 10.9 Å². The summed E-state index contributed by atoms with van der Waals surface area (Å²) in [5.74, 6) is 2.05. The lowest BCUT2D eigenvalue weighted by molar-refractivity contribution is 0.0617. The zero-order valence-corrected chi connectivity index (χ0v) is 16.7. The van der Waals surface area contributed by atoms with Gasteiger partial charge in [-0.05, 0) is 43.7 Å². The number of hydrogen-bond acceptors (Lipinski definition) is 4. The van der Waals surface area contributed by atoms with Crippen LogP contribution in [0.2, 0.25) is 0 Å². The molecule has 6 heteroatoms. The Kier molecular flexibility index (Phi) is 6.87. The van der Waals surface area contributed by atoms with Gasteiger partial charge in [0.1, 0.15) is 5.60 Å². The second kappa shape index (κ2) is 9.55. The Hall–Kier alpha value is -2.60. The Morgan fingerprint density at radius 1 is 1.21 bits per heavy atom. The molecule has 0 aliphatic heterocycles. The molecule has 28 heavy (non-hydrogen) atoms. The van der Waals surface area contributed by atoms with Crippen molar-refractivity contribution in [2.45, 2.75) is 38.8 Å². The third kappa shape index (κ3) is 6.23. The van der Waals surface area contributed by atoms with Crippen molar-refractivity contribution in [1.29, 1.82) is 0 Å². The minimum Gasteiger partial charge on any atom is -0.477 e. The lowest BCUT2D eigenvalue weighted by Gasteiger charge is -2.25. The highest BCUT2D eigenvalue weighted by Gasteiger charge is 2.23. The number of benzene rings is 1. The Labute approximate surface area is 167 Å². The molecule has 1 atom stereocenters. The van der Waals surface area contributed by atoms with Gasteiger partial charge >= 0.3 is 0 Å². The first-order valence-corrected chi connectivity index (χ1v) is 9.94. The fourth-order valence-electron chi connectivity index (χ4n) is 2.74. The molecule has 1 aliphatic rings. The summed E-state index contributed by atoms with van der Waals surface area (Å²) in [5, 5.41) is 17.2. The average Bonchev–Trinajstić information content (AvgIpc) is 3.54. The average molecular weight is 383 g/mol. The van der Waals surface area contributed by atoms with Crippen molar-refractivity contribution in [3.8, 4) is 5.88 Å². The van der Waals surface area contributed by atoms with E-state index in [4.69, 9.17) is 4.74 Å². The van der Waals surface area contributed by atoms with Crippen LogP contribution in [0.3, 0.4) is 0 Å². The first-order valence-electron chi connectivity index (χ1n) is 9.94. The maximum Gasteiger partial charge on any atom is 0.213 e. The van der Waals surface area contributed by atoms with Crippen molar-refractivity contribution in [3.63, 3.8) is 0 Å². The molecule has 6 nitrogen and oxygen atoms in total. The molecule has 1 aliphatic carbocycles. The number of aliphatic imine (C=N–C) groups is 1. The summed E-state index contributed by atoms with van der Waals surface area (Å²) >= 11 is 0. The molecule has 2 aromatic rings. The van der Waals surface area contributed by atoms with Crippen LogP contribution in [0.15, 0.2) is 53.7 Å². The third-order valence-electron chi connectivity index (χ3n) is 4.72. The van der Waals surface area contributed by atoms with Crippen LogP contribution in [0.25, 0.3) is 0 Å². The van der Waals surface area contributed by atoms with E-state index >= 15 is 0 Å². The quantitative estimate of drug-likeness (QED) is 0.459. The zero-order valence-electron chi connectivity index (χ0n) is 16.7. The van der Waals surface area contributed by atoms with Crippen molar-refractivity contribution in [2.75, 3.05) is 19.7 Å². The summed E-state index contributed by atoms with van der Waals surface area (Å²) in [6.45, 7) is 6.17. The van der Waals surface area contributed by atoms with Crippen LogP contribution < -0.4 is 15.4 Å². The number of nitrogens with one attached hydrogen (secondary N) is 2. The van der Waals surface area contributed by atoms with Gasteiger partial charge in [-0.25, -0.2) is 9.98 Å². The lowest BCUT2D eigenvalue weighted by Crippen LogP contribution is -2.44. The molecular weight excluding hydrogens is 352 g/mol. The molecule has 0 bridgehead atoms. The fourth-order valence-corrected chi connectivity index (χ4v) is 2.74. The first kappa shape index (κ1) is 20.1. The zero-order chi connectivity index (χ0) is 19.8. The SMILES string of the molecule is CCNC(=NCc1ccc(OCC2CC2)nc1)NCC(C)(O)c1ccccc1. The van der Waals surface area contributed by atoms with Gasteiger partial charge in [-0.2, -0.15) is 0 Å². The smallest absolute Gasteiger partial charge is 0.213 e. The van der Waals surface area contributed by atoms with Gasteiger partial charge < -0.3 is 20.5 Å². The molecule has 0 amide bonds. The van der Waals surface area contributed by atoms with E-state index < -0.39 is 5.60 Å². The lowest BCUT2D eigenvalue weighted by atomic mass is 9.96. The number of aliphatic hydroxyl groups is 1. The van der Waals surface area contributed by atoms with Gasteiger partial charge in [0.15, 0.2) is 5.96 Å².